The number of hydrogen-bond donors (Lipinski definition) is 1. The summed E-state index contributed by atoms with van der Waals surface area (Å²) in [5.74, 6) is 1.51. The van der Waals surface area contributed by atoms with Crippen LogP contribution in [0.3, 0.4) is 0 Å². The molecule has 0 radical (unpaired) electrons. The Hall–Kier alpha value is -1.39. The number of anilines is 1. The minimum atomic E-state index is 0.298. The van der Waals surface area contributed by atoms with E-state index in [1.807, 2.05) is 24.3 Å². The highest BCUT2D eigenvalue weighted by Crippen LogP contribution is 2.23. The van der Waals surface area contributed by atoms with Gasteiger partial charge in [0.25, 0.3) is 0 Å². The lowest BCUT2D eigenvalue weighted by Crippen LogP contribution is -2.35. The molecule has 1 fully saturated rings. The molecular weight excluding hydrogens is 272 g/mol. The Morgan fingerprint density at radius 2 is 2.20 bits per heavy atom. The first-order chi connectivity index (χ1) is 9.72. The Kier molecular flexibility index (Phi) is 4.03. The Morgan fingerprint density at radius 1 is 1.35 bits per heavy atom. The second kappa shape index (κ2) is 5.94. The Morgan fingerprint density at radius 3 is 3.05 bits per heavy atom. The fraction of sp³-hybridized carbons (Fsp3) is 0.467. The average molecular weight is 291 g/mol. The lowest BCUT2D eigenvalue weighted by molar-refractivity contribution is 0.217. The molecule has 1 atom stereocenters. The van der Waals surface area contributed by atoms with Crippen molar-refractivity contribution < 1.29 is 0 Å². The van der Waals surface area contributed by atoms with Crippen molar-refractivity contribution in [3.8, 4) is 0 Å². The van der Waals surface area contributed by atoms with E-state index in [1.165, 1.54) is 19.4 Å². The molecule has 5 heteroatoms. The fourth-order valence-electron chi connectivity index (χ4n) is 2.86. The molecule has 0 amide bonds. The van der Waals surface area contributed by atoms with E-state index in [-0.39, 0.29) is 0 Å². The molecule has 1 N–H and O–H groups in total. The number of aromatic nitrogens is 2. The second-order valence-corrected chi connectivity index (χ2v) is 5.85. The number of para-hydroxylation sites is 1. The number of likely N-dealkylation sites (tertiary alicyclic amines) is 1. The van der Waals surface area contributed by atoms with Gasteiger partial charge in [0.15, 0.2) is 0 Å². The summed E-state index contributed by atoms with van der Waals surface area (Å²) in [5.41, 5.74) is 0.885. The monoisotopic (exact) mass is 290 g/mol. The van der Waals surface area contributed by atoms with Crippen LogP contribution < -0.4 is 5.32 Å². The molecular formula is C15H19ClN4. The molecule has 1 saturated heterocycles. The summed E-state index contributed by atoms with van der Waals surface area (Å²) in [6.07, 6.45) is 2.54. The standard InChI is InChI=1S/C15H19ClN4/c1-20-8-4-5-11(10-20)9-17-14-12-6-2-3-7-13(12)18-15(16)19-14/h2-3,6-7,11H,4-5,8-10H2,1H3,(H,17,18,19). The quantitative estimate of drug-likeness (QED) is 0.882. The molecule has 0 aliphatic carbocycles. The molecule has 20 heavy (non-hydrogen) atoms. The normalized spacial score (nSPS) is 20.2. The van der Waals surface area contributed by atoms with Crippen LogP contribution >= 0.6 is 11.6 Å². The van der Waals surface area contributed by atoms with E-state index >= 15 is 0 Å². The fourth-order valence-corrected chi connectivity index (χ4v) is 3.04. The van der Waals surface area contributed by atoms with Gasteiger partial charge in [-0.25, -0.2) is 9.97 Å². The molecule has 1 aromatic carbocycles. The molecule has 1 unspecified atom stereocenters. The number of rotatable bonds is 3. The second-order valence-electron chi connectivity index (χ2n) is 5.51. The Balaban J connectivity index is 1.77. The van der Waals surface area contributed by atoms with Crippen molar-refractivity contribution >= 4 is 28.3 Å². The zero-order valence-electron chi connectivity index (χ0n) is 11.6. The van der Waals surface area contributed by atoms with E-state index in [4.69, 9.17) is 11.6 Å². The molecule has 0 bridgehead atoms. The summed E-state index contributed by atoms with van der Waals surface area (Å²) >= 11 is 6.00. The number of halogens is 1. The van der Waals surface area contributed by atoms with Crippen molar-refractivity contribution in [2.24, 2.45) is 5.92 Å². The molecule has 0 spiro atoms. The van der Waals surface area contributed by atoms with Crippen LogP contribution in [0.25, 0.3) is 10.9 Å². The van der Waals surface area contributed by atoms with Crippen LogP contribution in [0, 0.1) is 5.92 Å². The predicted molar refractivity (Wildman–Crippen MR) is 83.3 cm³/mol. The molecule has 1 aromatic heterocycles. The highest BCUT2D eigenvalue weighted by molar-refractivity contribution is 6.28. The van der Waals surface area contributed by atoms with Crippen LogP contribution in [-0.4, -0.2) is 41.5 Å². The molecule has 106 valence electrons. The third-order valence-corrected chi connectivity index (χ3v) is 4.03. The van der Waals surface area contributed by atoms with Gasteiger partial charge in [0.2, 0.25) is 5.28 Å². The average Bonchev–Trinajstić information content (AvgIpc) is 2.44. The van der Waals surface area contributed by atoms with Crippen LogP contribution in [0.1, 0.15) is 12.8 Å². The van der Waals surface area contributed by atoms with Crippen LogP contribution in [0.4, 0.5) is 5.82 Å². The van der Waals surface area contributed by atoms with Crippen molar-refractivity contribution in [1.82, 2.24) is 14.9 Å². The van der Waals surface area contributed by atoms with E-state index in [9.17, 15) is 0 Å². The maximum atomic E-state index is 6.00. The molecule has 2 aromatic rings. The van der Waals surface area contributed by atoms with Crippen LogP contribution in [-0.2, 0) is 0 Å². The molecule has 4 nitrogen and oxygen atoms in total. The van der Waals surface area contributed by atoms with Gasteiger partial charge in [-0.05, 0) is 56.1 Å². The number of fused-ring (bicyclic) bond motifs is 1. The summed E-state index contributed by atoms with van der Waals surface area (Å²) < 4.78 is 0. The lowest BCUT2D eigenvalue weighted by atomic mass is 9.98. The first-order valence-electron chi connectivity index (χ1n) is 7.07. The van der Waals surface area contributed by atoms with Gasteiger partial charge in [-0.2, -0.15) is 0 Å². The third-order valence-electron chi connectivity index (χ3n) is 3.86. The van der Waals surface area contributed by atoms with E-state index in [0.29, 0.717) is 11.2 Å². The first-order valence-corrected chi connectivity index (χ1v) is 7.45. The van der Waals surface area contributed by atoms with Gasteiger partial charge in [0.05, 0.1) is 5.52 Å². The van der Waals surface area contributed by atoms with Crippen molar-refractivity contribution in [3.05, 3.63) is 29.5 Å². The highest BCUT2D eigenvalue weighted by Gasteiger charge is 2.17. The first kappa shape index (κ1) is 13.6. The zero-order chi connectivity index (χ0) is 13.9. The van der Waals surface area contributed by atoms with Gasteiger partial charge >= 0.3 is 0 Å². The van der Waals surface area contributed by atoms with Crippen molar-refractivity contribution in [2.75, 3.05) is 32.0 Å². The van der Waals surface area contributed by atoms with Crippen LogP contribution in [0.5, 0.6) is 0 Å². The maximum Gasteiger partial charge on any atom is 0.224 e. The van der Waals surface area contributed by atoms with E-state index in [1.54, 1.807) is 0 Å². The topological polar surface area (TPSA) is 41.0 Å². The van der Waals surface area contributed by atoms with Crippen LogP contribution in [0.15, 0.2) is 24.3 Å². The summed E-state index contributed by atoms with van der Waals surface area (Å²) in [7, 11) is 2.18. The van der Waals surface area contributed by atoms with Crippen molar-refractivity contribution in [1.29, 1.82) is 0 Å². The minimum Gasteiger partial charge on any atom is -0.369 e. The van der Waals surface area contributed by atoms with Gasteiger partial charge < -0.3 is 10.2 Å². The summed E-state index contributed by atoms with van der Waals surface area (Å²) in [4.78, 5) is 11.0. The maximum absolute atomic E-state index is 6.00. The van der Waals surface area contributed by atoms with Crippen molar-refractivity contribution in [3.63, 3.8) is 0 Å². The van der Waals surface area contributed by atoms with Crippen LogP contribution in [0.2, 0.25) is 5.28 Å². The van der Waals surface area contributed by atoms with E-state index in [2.05, 4.69) is 27.2 Å². The number of hydrogen-bond acceptors (Lipinski definition) is 4. The minimum absolute atomic E-state index is 0.298. The number of nitrogens with one attached hydrogen (secondary N) is 1. The molecule has 2 heterocycles. The highest BCUT2D eigenvalue weighted by atomic mass is 35.5. The van der Waals surface area contributed by atoms with Gasteiger partial charge in [-0.15, -0.1) is 0 Å². The molecule has 0 saturated carbocycles. The van der Waals surface area contributed by atoms with E-state index < -0.39 is 0 Å². The summed E-state index contributed by atoms with van der Waals surface area (Å²) in [6.45, 7) is 3.28. The van der Waals surface area contributed by atoms with Crippen molar-refractivity contribution in [2.45, 2.75) is 12.8 Å². The molecule has 1 aliphatic rings. The van der Waals surface area contributed by atoms with E-state index in [0.717, 1.165) is 29.8 Å². The molecule has 1 aliphatic heterocycles. The SMILES string of the molecule is CN1CCCC(CNc2nc(Cl)nc3ccccc23)C1. The number of nitrogens with zero attached hydrogens (tertiary/aromatic N) is 3. The van der Waals surface area contributed by atoms with Gasteiger partial charge in [0.1, 0.15) is 5.82 Å². The summed E-state index contributed by atoms with van der Waals surface area (Å²) in [5, 5.41) is 4.78. The van der Waals surface area contributed by atoms with Gasteiger partial charge in [-0.3, -0.25) is 0 Å². The summed E-state index contributed by atoms with van der Waals surface area (Å²) in [6, 6.07) is 7.95. The third kappa shape index (κ3) is 3.02. The number of benzene rings is 1. The Bertz CT molecular complexity index is 601. The zero-order valence-corrected chi connectivity index (χ0v) is 12.4. The Labute approximate surface area is 124 Å². The molecule has 3 rings (SSSR count). The largest absolute Gasteiger partial charge is 0.369 e. The lowest BCUT2D eigenvalue weighted by Gasteiger charge is -2.29. The number of piperidine rings is 1. The predicted octanol–water partition coefficient (Wildman–Crippen LogP) is 3.04. The smallest absolute Gasteiger partial charge is 0.224 e. The van der Waals surface area contributed by atoms with Gasteiger partial charge in [0, 0.05) is 18.5 Å². The van der Waals surface area contributed by atoms with Gasteiger partial charge in [-0.1, -0.05) is 12.1 Å².